The molecular formula is C14H10ClN3O5. The fourth-order valence-electron chi connectivity index (χ4n) is 1.93. The van der Waals surface area contributed by atoms with Gasteiger partial charge in [-0.05, 0) is 6.07 Å². The minimum Gasteiger partial charge on any atom is -0.324 e. The van der Waals surface area contributed by atoms with Crippen molar-refractivity contribution in [3.05, 3.63) is 73.3 Å². The van der Waals surface area contributed by atoms with Gasteiger partial charge in [0.05, 0.1) is 27.0 Å². The number of anilines is 1. The summed E-state index contributed by atoms with van der Waals surface area (Å²) in [6, 6.07) is 9.46. The van der Waals surface area contributed by atoms with Crippen LogP contribution in [0.15, 0.2) is 42.5 Å². The van der Waals surface area contributed by atoms with Crippen molar-refractivity contribution in [1.82, 2.24) is 0 Å². The van der Waals surface area contributed by atoms with Crippen molar-refractivity contribution in [1.29, 1.82) is 0 Å². The number of hydrogen-bond acceptors (Lipinski definition) is 5. The number of benzene rings is 2. The molecule has 0 aliphatic heterocycles. The van der Waals surface area contributed by atoms with Crippen molar-refractivity contribution in [2.24, 2.45) is 0 Å². The van der Waals surface area contributed by atoms with Crippen LogP contribution in [0.4, 0.5) is 17.1 Å². The molecule has 0 spiro atoms. The molecule has 0 aliphatic carbocycles. The monoisotopic (exact) mass is 335 g/mol. The van der Waals surface area contributed by atoms with E-state index in [2.05, 4.69) is 5.32 Å². The lowest BCUT2D eigenvalue weighted by atomic mass is 10.1. The van der Waals surface area contributed by atoms with Crippen LogP contribution in [-0.4, -0.2) is 15.8 Å². The molecule has 1 amide bonds. The average molecular weight is 336 g/mol. The van der Waals surface area contributed by atoms with Gasteiger partial charge in [0.15, 0.2) is 0 Å². The van der Waals surface area contributed by atoms with Crippen molar-refractivity contribution in [2.75, 3.05) is 5.32 Å². The van der Waals surface area contributed by atoms with Gasteiger partial charge in [-0.3, -0.25) is 25.0 Å². The Kier molecular flexibility index (Phi) is 4.87. The maximum Gasteiger partial charge on any atom is 0.273 e. The summed E-state index contributed by atoms with van der Waals surface area (Å²) in [6.45, 7) is 0. The van der Waals surface area contributed by atoms with Crippen molar-refractivity contribution in [3.63, 3.8) is 0 Å². The number of nitrogens with zero attached hydrogens (tertiary/aromatic N) is 2. The summed E-state index contributed by atoms with van der Waals surface area (Å²) in [5.74, 6) is -0.568. The number of nitro groups is 2. The Bertz CT molecular complexity index is 794. The number of nitro benzene ring substituents is 2. The molecule has 0 unspecified atom stereocenters. The molecule has 9 heteroatoms. The third kappa shape index (κ3) is 4.01. The average Bonchev–Trinajstić information content (AvgIpc) is 2.49. The van der Waals surface area contributed by atoms with Gasteiger partial charge < -0.3 is 5.32 Å². The van der Waals surface area contributed by atoms with Crippen LogP contribution in [0.3, 0.4) is 0 Å². The predicted octanol–water partition coefficient (Wildman–Crippen LogP) is 3.34. The summed E-state index contributed by atoms with van der Waals surface area (Å²) < 4.78 is 0. The van der Waals surface area contributed by atoms with Crippen LogP contribution in [0.5, 0.6) is 0 Å². The molecule has 0 heterocycles. The Morgan fingerprint density at radius 2 is 1.78 bits per heavy atom. The standard InChI is InChI=1S/C14H10ClN3O5/c15-11-6-5-10(17(20)21)8-12(11)16-14(19)7-9-3-1-2-4-13(9)18(22)23/h1-6,8H,7H2,(H,16,19). The first-order valence-electron chi connectivity index (χ1n) is 6.34. The molecule has 0 aromatic heterocycles. The number of para-hydroxylation sites is 1. The van der Waals surface area contributed by atoms with Gasteiger partial charge in [-0.1, -0.05) is 29.8 Å². The Balaban J connectivity index is 2.19. The minimum atomic E-state index is -0.617. The lowest BCUT2D eigenvalue weighted by molar-refractivity contribution is -0.385. The summed E-state index contributed by atoms with van der Waals surface area (Å²) in [5.41, 5.74) is -0.0933. The quantitative estimate of drug-likeness (QED) is 0.664. The minimum absolute atomic E-state index is 0.0736. The molecule has 2 aromatic rings. The first kappa shape index (κ1) is 16.4. The van der Waals surface area contributed by atoms with E-state index in [1.807, 2.05) is 0 Å². The fourth-order valence-corrected chi connectivity index (χ4v) is 2.09. The molecule has 0 bridgehead atoms. The van der Waals surface area contributed by atoms with Crippen LogP contribution in [0.1, 0.15) is 5.56 Å². The van der Waals surface area contributed by atoms with Crippen molar-refractivity contribution < 1.29 is 14.6 Å². The Hall–Kier alpha value is -3.00. The highest BCUT2D eigenvalue weighted by molar-refractivity contribution is 6.33. The summed E-state index contributed by atoms with van der Waals surface area (Å²) in [5, 5.41) is 24.2. The second-order valence-electron chi connectivity index (χ2n) is 4.53. The molecular weight excluding hydrogens is 326 g/mol. The molecule has 2 aromatic carbocycles. The van der Waals surface area contributed by atoms with E-state index < -0.39 is 15.8 Å². The number of carbonyl (C=O) groups excluding carboxylic acids is 1. The number of nitrogens with one attached hydrogen (secondary N) is 1. The molecule has 23 heavy (non-hydrogen) atoms. The second-order valence-corrected chi connectivity index (χ2v) is 4.94. The van der Waals surface area contributed by atoms with Gasteiger partial charge in [0, 0.05) is 23.8 Å². The Morgan fingerprint density at radius 1 is 1.09 bits per heavy atom. The highest BCUT2D eigenvalue weighted by Gasteiger charge is 2.17. The van der Waals surface area contributed by atoms with E-state index >= 15 is 0 Å². The molecule has 0 saturated heterocycles. The van der Waals surface area contributed by atoms with Crippen LogP contribution in [-0.2, 0) is 11.2 Å². The molecule has 0 radical (unpaired) electrons. The zero-order valence-electron chi connectivity index (χ0n) is 11.6. The van der Waals surface area contributed by atoms with Crippen LogP contribution in [0.2, 0.25) is 5.02 Å². The highest BCUT2D eigenvalue weighted by atomic mass is 35.5. The van der Waals surface area contributed by atoms with Crippen molar-refractivity contribution in [2.45, 2.75) is 6.42 Å². The molecule has 0 aliphatic rings. The number of halogens is 1. The van der Waals surface area contributed by atoms with Gasteiger partial charge in [-0.15, -0.1) is 0 Å². The molecule has 0 fully saturated rings. The van der Waals surface area contributed by atoms with Crippen molar-refractivity contribution >= 4 is 34.6 Å². The lowest BCUT2D eigenvalue weighted by Gasteiger charge is -2.07. The predicted molar refractivity (Wildman–Crippen MR) is 83.5 cm³/mol. The number of amides is 1. The van der Waals surface area contributed by atoms with Gasteiger partial charge in [0.25, 0.3) is 11.4 Å². The van der Waals surface area contributed by atoms with Gasteiger partial charge in [-0.25, -0.2) is 0 Å². The maximum absolute atomic E-state index is 12.0. The summed E-state index contributed by atoms with van der Waals surface area (Å²) in [7, 11) is 0. The molecule has 8 nitrogen and oxygen atoms in total. The molecule has 0 atom stereocenters. The summed E-state index contributed by atoms with van der Waals surface area (Å²) >= 11 is 5.88. The van der Waals surface area contributed by atoms with Crippen LogP contribution in [0, 0.1) is 20.2 Å². The van der Waals surface area contributed by atoms with Crippen LogP contribution < -0.4 is 5.32 Å². The molecule has 2 rings (SSSR count). The first-order valence-corrected chi connectivity index (χ1v) is 6.72. The molecule has 118 valence electrons. The highest BCUT2D eigenvalue weighted by Crippen LogP contribution is 2.27. The van der Waals surface area contributed by atoms with Gasteiger partial charge in [0.1, 0.15) is 0 Å². The maximum atomic E-state index is 12.0. The number of rotatable bonds is 5. The molecule has 1 N–H and O–H groups in total. The second kappa shape index (κ2) is 6.84. The van der Waals surface area contributed by atoms with E-state index in [0.717, 1.165) is 6.07 Å². The van der Waals surface area contributed by atoms with E-state index in [4.69, 9.17) is 11.6 Å². The third-order valence-electron chi connectivity index (χ3n) is 2.97. The van der Waals surface area contributed by atoms with E-state index in [0.29, 0.717) is 0 Å². The summed E-state index contributed by atoms with van der Waals surface area (Å²) in [4.78, 5) is 32.5. The van der Waals surface area contributed by atoms with Gasteiger partial charge in [0.2, 0.25) is 5.91 Å². The van der Waals surface area contributed by atoms with Gasteiger partial charge in [-0.2, -0.15) is 0 Å². The molecule has 0 saturated carbocycles. The largest absolute Gasteiger partial charge is 0.324 e. The normalized spacial score (nSPS) is 10.1. The summed E-state index contributed by atoms with van der Waals surface area (Å²) in [6.07, 6.45) is -0.254. The number of hydrogen-bond donors (Lipinski definition) is 1. The zero-order valence-corrected chi connectivity index (χ0v) is 12.3. The van der Waals surface area contributed by atoms with E-state index in [1.54, 1.807) is 6.07 Å². The zero-order chi connectivity index (χ0) is 17.0. The number of non-ortho nitro benzene ring substituents is 1. The lowest BCUT2D eigenvalue weighted by Crippen LogP contribution is -2.15. The van der Waals surface area contributed by atoms with E-state index in [1.165, 1.54) is 30.3 Å². The Labute approximate surface area is 135 Å². The SMILES string of the molecule is O=C(Cc1ccccc1[N+](=O)[O-])Nc1cc([N+](=O)[O-])ccc1Cl. The third-order valence-corrected chi connectivity index (χ3v) is 3.30. The van der Waals surface area contributed by atoms with E-state index in [-0.39, 0.29) is 34.1 Å². The van der Waals surface area contributed by atoms with Gasteiger partial charge >= 0.3 is 0 Å². The first-order chi connectivity index (χ1) is 10.9. The van der Waals surface area contributed by atoms with Crippen molar-refractivity contribution in [3.8, 4) is 0 Å². The Morgan fingerprint density at radius 3 is 2.43 bits per heavy atom. The smallest absolute Gasteiger partial charge is 0.273 e. The van der Waals surface area contributed by atoms with Crippen LogP contribution in [0.25, 0.3) is 0 Å². The fraction of sp³-hybridized carbons (Fsp3) is 0.0714. The van der Waals surface area contributed by atoms with E-state index in [9.17, 15) is 25.0 Å². The van der Waals surface area contributed by atoms with Crippen LogP contribution >= 0.6 is 11.6 Å². The topological polar surface area (TPSA) is 115 Å². The number of carbonyl (C=O) groups is 1.